The van der Waals surface area contributed by atoms with Crippen LogP contribution in [0.4, 0.5) is 0 Å². The SMILES string of the molecule is O=C(OCCCCO)c1ccccc1C(=O)OCCCCO. The fourth-order valence-corrected chi connectivity index (χ4v) is 1.75. The van der Waals surface area contributed by atoms with Gasteiger partial charge in [-0.15, -0.1) is 0 Å². The van der Waals surface area contributed by atoms with Gasteiger partial charge in [-0.25, -0.2) is 9.59 Å². The van der Waals surface area contributed by atoms with Crippen molar-refractivity contribution >= 4 is 11.9 Å². The highest BCUT2D eigenvalue weighted by atomic mass is 16.5. The molecule has 122 valence electrons. The first-order chi connectivity index (χ1) is 10.7. The summed E-state index contributed by atoms with van der Waals surface area (Å²) in [7, 11) is 0. The monoisotopic (exact) mass is 310 g/mol. The lowest BCUT2D eigenvalue weighted by atomic mass is 10.1. The summed E-state index contributed by atoms with van der Waals surface area (Å²) in [5.74, 6) is -1.17. The van der Waals surface area contributed by atoms with Crippen LogP contribution in [-0.4, -0.2) is 48.6 Å². The number of benzene rings is 1. The zero-order valence-corrected chi connectivity index (χ0v) is 12.5. The third-order valence-corrected chi connectivity index (χ3v) is 2.94. The Labute approximate surface area is 129 Å². The zero-order valence-electron chi connectivity index (χ0n) is 12.5. The Bertz CT molecular complexity index is 428. The Kier molecular flexibility index (Phi) is 8.86. The van der Waals surface area contributed by atoms with Crippen molar-refractivity contribution in [2.75, 3.05) is 26.4 Å². The van der Waals surface area contributed by atoms with Crippen molar-refractivity contribution in [2.45, 2.75) is 25.7 Å². The molecule has 22 heavy (non-hydrogen) atoms. The summed E-state index contributed by atoms with van der Waals surface area (Å²) in [4.78, 5) is 24.0. The van der Waals surface area contributed by atoms with E-state index in [-0.39, 0.29) is 37.6 Å². The Hall–Kier alpha value is -1.92. The highest BCUT2D eigenvalue weighted by molar-refractivity contribution is 6.03. The topological polar surface area (TPSA) is 93.1 Å². The molecule has 0 radical (unpaired) electrons. The van der Waals surface area contributed by atoms with Crippen LogP contribution in [0.5, 0.6) is 0 Å². The number of ether oxygens (including phenoxy) is 2. The molecule has 1 aromatic carbocycles. The van der Waals surface area contributed by atoms with Crippen LogP contribution in [0.25, 0.3) is 0 Å². The van der Waals surface area contributed by atoms with E-state index in [9.17, 15) is 9.59 Å². The minimum atomic E-state index is -0.583. The standard InChI is InChI=1S/C16H22O6/c17-9-3-5-11-21-15(19)13-7-1-2-8-14(13)16(20)22-12-6-4-10-18/h1-2,7-8,17-18H,3-6,9-12H2. The second kappa shape index (κ2) is 10.8. The Morgan fingerprint density at radius 3 is 1.55 bits per heavy atom. The average molecular weight is 310 g/mol. The van der Waals surface area contributed by atoms with Crippen LogP contribution in [-0.2, 0) is 9.47 Å². The van der Waals surface area contributed by atoms with Crippen LogP contribution < -0.4 is 0 Å². The summed E-state index contributed by atoms with van der Waals surface area (Å²) in [5, 5.41) is 17.3. The number of carbonyl (C=O) groups is 2. The second-order valence-corrected chi connectivity index (χ2v) is 4.68. The van der Waals surface area contributed by atoms with Gasteiger partial charge in [0.15, 0.2) is 0 Å². The van der Waals surface area contributed by atoms with Gasteiger partial charge in [-0.3, -0.25) is 0 Å². The van der Waals surface area contributed by atoms with Crippen LogP contribution in [0.3, 0.4) is 0 Å². The summed E-state index contributed by atoms with van der Waals surface area (Å²) in [5.41, 5.74) is 0.331. The Morgan fingerprint density at radius 2 is 1.18 bits per heavy atom. The van der Waals surface area contributed by atoms with Crippen molar-refractivity contribution < 1.29 is 29.3 Å². The maximum Gasteiger partial charge on any atom is 0.339 e. The van der Waals surface area contributed by atoms with Crippen LogP contribution in [0.2, 0.25) is 0 Å². The van der Waals surface area contributed by atoms with Gasteiger partial charge in [-0.1, -0.05) is 12.1 Å². The smallest absolute Gasteiger partial charge is 0.339 e. The molecule has 1 rings (SSSR count). The molecule has 0 heterocycles. The molecule has 0 saturated carbocycles. The van der Waals surface area contributed by atoms with Crippen molar-refractivity contribution in [2.24, 2.45) is 0 Å². The van der Waals surface area contributed by atoms with E-state index >= 15 is 0 Å². The van der Waals surface area contributed by atoms with E-state index in [1.165, 1.54) is 12.1 Å². The van der Waals surface area contributed by atoms with Gasteiger partial charge in [0.25, 0.3) is 0 Å². The summed E-state index contributed by atoms with van der Waals surface area (Å²) in [6.07, 6.45) is 2.25. The molecular weight excluding hydrogens is 288 g/mol. The van der Waals surface area contributed by atoms with E-state index in [1.54, 1.807) is 12.1 Å². The minimum absolute atomic E-state index is 0.0499. The zero-order chi connectivity index (χ0) is 16.2. The highest BCUT2D eigenvalue weighted by Gasteiger charge is 2.18. The van der Waals surface area contributed by atoms with E-state index in [0.29, 0.717) is 25.7 Å². The number of carbonyl (C=O) groups excluding carboxylic acids is 2. The average Bonchev–Trinajstić information content (AvgIpc) is 2.55. The number of aliphatic hydroxyl groups excluding tert-OH is 2. The number of unbranched alkanes of at least 4 members (excludes halogenated alkanes) is 2. The lowest BCUT2D eigenvalue weighted by Gasteiger charge is -2.09. The number of hydrogen-bond donors (Lipinski definition) is 2. The predicted octanol–water partition coefficient (Wildman–Crippen LogP) is 1.55. The first-order valence-electron chi connectivity index (χ1n) is 7.35. The lowest BCUT2D eigenvalue weighted by Crippen LogP contribution is -2.15. The van der Waals surface area contributed by atoms with Crippen LogP contribution in [0.1, 0.15) is 46.4 Å². The summed E-state index contributed by atoms with van der Waals surface area (Å²) < 4.78 is 10.1. The number of esters is 2. The van der Waals surface area contributed by atoms with Crippen molar-refractivity contribution in [3.63, 3.8) is 0 Å². The number of aliphatic hydroxyl groups is 2. The highest BCUT2D eigenvalue weighted by Crippen LogP contribution is 2.12. The first-order valence-corrected chi connectivity index (χ1v) is 7.35. The van der Waals surface area contributed by atoms with Crippen LogP contribution in [0.15, 0.2) is 24.3 Å². The summed E-state index contributed by atoms with van der Waals surface area (Å²) >= 11 is 0. The van der Waals surface area contributed by atoms with Crippen molar-refractivity contribution in [1.82, 2.24) is 0 Å². The van der Waals surface area contributed by atoms with E-state index in [1.807, 2.05) is 0 Å². The van der Waals surface area contributed by atoms with Crippen molar-refractivity contribution in [3.05, 3.63) is 35.4 Å². The number of hydrogen-bond acceptors (Lipinski definition) is 6. The molecule has 0 aliphatic rings. The Balaban J connectivity index is 2.60. The van der Waals surface area contributed by atoms with Crippen LogP contribution in [0, 0.1) is 0 Å². The number of rotatable bonds is 10. The fraction of sp³-hybridized carbons (Fsp3) is 0.500. The van der Waals surface area contributed by atoms with Crippen molar-refractivity contribution in [3.8, 4) is 0 Å². The van der Waals surface area contributed by atoms with E-state index in [4.69, 9.17) is 19.7 Å². The molecule has 0 saturated heterocycles. The van der Waals surface area contributed by atoms with Gasteiger partial charge in [0.05, 0.1) is 24.3 Å². The molecule has 0 aromatic heterocycles. The molecule has 0 bridgehead atoms. The molecule has 0 aliphatic heterocycles. The van der Waals surface area contributed by atoms with Gasteiger partial charge >= 0.3 is 11.9 Å². The molecule has 2 N–H and O–H groups in total. The molecular formula is C16H22O6. The maximum absolute atomic E-state index is 12.0. The molecule has 0 spiro atoms. The van der Waals surface area contributed by atoms with E-state index in [0.717, 1.165) is 0 Å². The van der Waals surface area contributed by atoms with Gasteiger partial charge < -0.3 is 19.7 Å². The fourth-order valence-electron chi connectivity index (χ4n) is 1.75. The van der Waals surface area contributed by atoms with Gasteiger partial charge in [0.1, 0.15) is 0 Å². The third-order valence-electron chi connectivity index (χ3n) is 2.94. The minimum Gasteiger partial charge on any atom is -0.462 e. The van der Waals surface area contributed by atoms with Crippen LogP contribution >= 0.6 is 0 Å². The molecule has 0 amide bonds. The normalized spacial score (nSPS) is 10.3. The maximum atomic E-state index is 12.0. The molecule has 0 fully saturated rings. The molecule has 6 heteroatoms. The van der Waals surface area contributed by atoms with E-state index < -0.39 is 11.9 Å². The lowest BCUT2D eigenvalue weighted by molar-refractivity contribution is 0.0446. The van der Waals surface area contributed by atoms with Gasteiger partial charge in [-0.05, 0) is 37.8 Å². The third kappa shape index (κ3) is 6.24. The molecule has 0 aliphatic carbocycles. The van der Waals surface area contributed by atoms with E-state index in [2.05, 4.69) is 0 Å². The van der Waals surface area contributed by atoms with Gasteiger partial charge in [0, 0.05) is 13.2 Å². The molecule has 0 atom stereocenters. The summed E-state index contributed by atoms with van der Waals surface area (Å²) in [6.45, 7) is 0.487. The Morgan fingerprint density at radius 1 is 0.773 bits per heavy atom. The second-order valence-electron chi connectivity index (χ2n) is 4.68. The van der Waals surface area contributed by atoms with Gasteiger partial charge in [-0.2, -0.15) is 0 Å². The first kappa shape index (κ1) is 18.1. The predicted molar refractivity (Wildman–Crippen MR) is 79.6 cm³/mol. The molecule has 6 nitrogen and oxygen atoms in total. The summed E-state index contributed by atoms with van der Waals surface area (Å²) in [6, 6.07) is 6.32. The molecule has 0 unspecified atom stereocenters. The van der Waals surface area contributed by atoms with Crippen molar-refractivity contribution in [1.29, 1.82) is 0 Å². The largest absolute Gasteiger partial charge is 0.462 e. The van der Waals surface area contributed by atoms with Gasteiger partial charge in [0.2, 0.25) is 0 Å². The quantitative estimate of drug-likeness (QED) is 0.503. The molecule has 1 aromatic rings.